The van der Waals surface area contributed by atoms with Gasteiger partial charge in [0.25, 0.3) is 5.92 Å². The molecule has 2 nitrogen and oxygen atoms in total. The molecule has 1 aliphatic rings. The largest absolute Gasteiger partial charge is 0.389 e. The SMILES string of the molecule is O=C(CCC(F)(F)F)N1CC(F)(F)C1. The second-order valence-electron chi connectivity index (χ2n) is 3.22. The Kier molecular flexibility index (Phi) is 2.69. The normalized spacial score (nSPS) is 20.5. The molecule has 82 valence electrons. The van der Waals surface area contributed by atoms with Crippen molar-refractivity contribution in [2.75, 3.05) is 13.1 Å². The Morgan fingerprint density at radius 2 is 1.79 bits per heavy atom. The van der Waals surface area contributed by atoms with Crippen LogP contribution in [0.5, 0.6) is 0 Å². The van der Waals surface area contributed by atoms with Crippen molar-refractivity contribution in [3.8, 4) is 0 Å². The maximum atomic E-state index is 12.2. The highest BCUT2D eigenvalue weighted by atomic mass is 19.4. The van der Waals surface area contributed by atoms with E-state index in [-0.39, 0.29) is 0 Å². The number of nitrogens with zero attached hydrogens (tertiary/aromatic N) is 1. The summed E-state index contributed by atoms with van der Waals surface area (Å²) in [7, 11) is 0. The summed E-state index contributed by atoms with van der Waals surface area (Å²) in [4.78, 5) is 11.6. The summed E-state index contributed by atoms with van der Waals surface area (Å²) in [6, 6.07) is 0. The molecule has 1 saturated heterocycles. The van der Waals surface area contributed by atoms with Crippen molar-refractivity contribution in [2.24, 2.45) is 0 Å². The third-order valence-corrected chi connectivity index (χ3v) is 1.82. The van der Waals surface area contributed by atoms with Crippen LogP contribution in [-0.4, -0.2) is 36.0 Å². The second-order valence-corrected chi connectivity index (χ2v) is 3.22. The number of alkyl halides is 5. The molecule has 0 radical (unpaired) electrons. The summed E-state index contributed by atoms with van der Waals surface area (Å²) in [5.41, 5.74) is 0. The molecular weight excluding hydrogens is 209 g/mol. The third-order valence-electron chi connectivity index (χ3n) is 1.82. The van der Waals surface area contributed by atoms with Gasteiger partial charge in [-0.3, -0.25) is 4.79 Å². The summed E-state index contributed by atoms with van der Waals surface area (Å²) in [5, 5.41) is 0. The first kappa shape index (κ1) is 11.2. The van der Waals surface area contributed by atoms with Gasteiger partial charge in [0.1, 0.15) is 0 Å². The van der Waals surface area contributed by atoms with Gasteiger partial charge in [-0.05, 0) is 0 Å². The van der Waals surface area contributed by atoms with E-state index in [9.17, 15) is 26.7 Å². The first-order valence-electron chi connectivity index (χ1n) is 3.92. The van der Waals surface area contributed by atoms with Crippen LogP contribution in [0.3, 0.4) is 0 Å². The fourth-order valence-electron chi connectivity index (χ4n) is 1.10. The van der Waals surface area contributed by atoms with Crippen molar-refractivity contribution in [2.45, 2.75) is 24.9 Å². The van der Waals surface area contributed by atoms with Gasteiger partial charge in [-0.2, -0.15) is 13.2 Å². The van der Waals surface area contributed by atoms with Crippen LogP contribution in [0.25, 0.3) is 0 Å². The van der Waals surface area contributed by atoms with Gasteiger partial charge in [0.2, 0.25) is 5.91 Å². The zero-order valence-electron chi connectivity index (χ0n) is 7.07. The highest BCUT2D eigenvalue weighted by Crippen LogP contribution is 2.28. The molecule has 0 aromatic heterocycles. The molecule has 0 saturated carbocycles. The van der Waals surface area contributed by atoms with E-state index in [0.717, 1.165) is 4.90 Å². The molecule has 7 heteroatoms. The number of hydrogen-bond acceptors (Lipinski definition) is 1. The van der Waals surface area contributed by atoms with Gasteiger partial charge in [-0.15, -0.1) is 0 Å². The Balaban J connectivity index is 2.25. The van der Waals surface area contributed by atoms with Crippen molar-refractivity contribution in [3.63, 3.8) is 0 Å². The molecule has 0 N–H and O–H groups in total. The number of amides is 1. The second kappa shape index (κ2) is 3.36. The van der Waals surface area contributed by atoms with Crippen LogP contribution in [0.4, 0.5) is 22.0 Å². The third kappa shape index (κ3) is 3.12. The molecule has 1 amide bonds. The van der Waals surface area contributed by atoms with Gasteiger partial charge >= 0.3 is 6.18 Å². The molecule has 1 fully saturated rings. The van der Waals surface area contributed by atoms with E-state index >= 15 is 0 Å². The maximum absolute atomic E-state index is 12.2. The van der Waals surface area contributed by atoms with Crippen LogP contribution < -0.4 is 0 Å². The van der Waals surface area contributed by atoms with Gasteiger partial charge in [0.15, 0.2) is 0 Å². The minimum Gasteiger partial charge on any atom is -0.330 e. The van der Waals surface area contributed by atoms with Crippen LogP contribution in [-0.2, 0) is 4.79 Å². The predicted molar refractivity (Wildman–Crippen MR) is 36.8 cm³/mol. The Hall–Kier alpha value is -0.880. The summed E-state index contributed by atoms with van der Waals surface area (Å²) < 4.78 is 59.3. The number of hydrogen-bond donors (Lipinski definition) is 0. The van der Waals surface area contributed by atoms with E-state index in [4.69, 9.17) is 0 Å². The molecule has 1 heterocycles. The van der Waals surface area contributed by atoms with E-state index < -0.39 is 43.9 Å². The predicted octanol–water partition coefficient (Wildman–Crippen LogP) is 1.81. The number of rotatable bonds is 2. The van der Waals surface area contributed by atoms with Crippen LogP contribution in [0.2, 0.25) is 0 Å². The minimum absolute atomic E-state index is 0.728. The smallest absolute Gasteiger partial charge is 0.330 e. The first-order valence-corrected chi connectivity index (χ1v) is 3.92. The van der Waals surface area contributed by atoms with Crippen molar-refractivity contribution in [1.82, 2.24) is 4.90 Å². The maximum Gasteiger partial charge on any atom is 0.389 e. The lowest BCUT2D eigenvalue weighted by atomic mass is 10.1. The van der Waals surface area contributed by atoms with Crippen LogP contribution >= 0.6 is 0 Å². The fraction of sp³-hybridized carbons (Fsp3) is 0.857. The standard InChI is InChI=1S/C7H8F5NO/c8-6(9)3-13(4-6)5(14)1-2-7(10,11)12/h1-4H2. The molecule has 0 bridgehead atoms. The van der Waals surface area contributed by atoms with Gasteiger partial charge in [0, 0.05) is 6.42 Å². The Bertz CT molecular complexity index is 229. The van der Waals surface area contributed by atoms with E-state index in [1.165, 1.54) is 0 Å². The number of carbonyl (C=O) groups is 1. The summed E-state index contributed by atoms with van der Waals surface area (Å²) >= 11 is 0. The molecule has 0 aliphatic carbocycles. The van der Waals surface area contributed by atoms with E-state index in [2.05, 4.69) is 0 Å². The van der Waals surface area contributed by atoms with Gasteiger partial charge in [0.05, 0.1) is 19.5 Å². The fourth-order valence-corrected chi connectivity index (χ4v) is 1.10. The average molecular weight is 217 g/mol. The van der Waals surface area contributed by atoms with Crippen molar-refractivity contribution in [3.05, 3.63) is 0 Å². The lowest BCUT2D eigenvalue weighted by Gasteiger charge is -2.38. The van der Waals surface area contributed by atoms with Crippen molar-refractivity contribution in [1.29, 1.82) is 0 Å². The molecular formula is C7H8F5NO. The molecule has 1 rings (SSSR count). The topological polar surface area (TPSA) is 20.3 Å². The van der Waals surface area contributed by atoms with Crippen molar-refractivity contribution >= 4 is 5.91 Å². The lowest BCUT2D eigenvalue weighted by molar-refractivity contribution is -0.172. The highest BCUT2D eigenvalue weighted by Gasteiger charge is 2.46. The monoisotopic (exact) mass is 217 g/mol. The average Bonchev–Trinajstić information content (AvgIpc) is 1.94. The summed E-state index contributed by atoms with van der Waals surface area (Å²) in [6.45, 7) is -1.52. The van der Waals surface area contributed by atoms with Gasteiger partial charge in [-0.25, -0.2) is 8.78 Å². The van der Waals surface area contributed by atoms with E-state index in [1.54, 1.807) is 0 Å². The molecule has 0 aromatic rings. The molecule has 14 heavy (non-hydrogen) atoms. The number of carbonyl (C=O) groups excluding carboxylic acids is 1. The number of likely N-dealkylation sites (tertiary alicyclic amines) is 1. The lowest BCUT2D eigenvalue weighted by Crippen LogP contribution is -2.58. The first-order chi connectivity index (χ1) is 6.20. The zero-order chi connectivity index (χ0) is 11.0. The number of halogens is 5. The Morgan fingerprint density at radius 3 is 2.14 bits per heavy atom. The quantitative estimate of drug-likeness (QED) is 0.646. The van der Waals surface area contributed by atoms with E-state index in [0.29, 0.717) is 0 Å². The van der Waals surface area contributed by atoms with Crippen LogP contribution in [0.1, 0.15) is 12.8 Å². The van der Waals surface area contributed by atoms with E-state index in [1.807, 2.05) is 0 Å². The molecule has 0 spiro atoms. The highest BCUT2D eigenvalue weighted by molar-refractivity contribution is 5.77. The molecule has 0 atom stereocenters. The van der Waals surface area contributed by atoms with Crippen LogP contribution in [0, 0.1) is 0 Å². The molecule has 0 unspecified atom stereocenters. The Morgan fingerprint density at radius 1 is 1.29 bits per heavy atom. The van der Waals surface area contributed by atoms with Gasteiger partial charge in [-0.1, -0.05) is 0 Å². The molecule has 0 aromatic carbocycles. The summed E-state index contributed by atoms with van der Waals surface area (Å²) in [5.74, 6) is -3.79. The van der Waals surface area contributed by atoms with Crippen molar-refractivity contribution < 1.29 is 26.7 Å². The minimum atomic E-state index is -4.41. The summed E-state index contributed by atoms with van der Waals surface area (Å²) in [6.07, 6.45) is -6.42. The van der Waals surface area contributed by atoms with Gasteiger partial charge < -0.3 is 4.90 Å². The Labute approximate surface area is 76.7 Å². The molecule has 1 aliphatic heterocycles. The zero-order valence-corrected chi connectivity index (χ0v) is 7.07. The van der Waals surface area contributed by atoms with Crippen LogP contribution in [0.15, 0.2) is 0 Å².